The molecule has 6 nitrogen and oxygen atoms in total. The van der Waals surface area contributed by atoms with Crippen molar-refractivity contribution in [3.8, 4) is 0 Å². The Kier molecular flexibility index (Phi) is 4.80. The number of aryl methyl sites for hydroxylation is 1. The second-order valence-electron chi connectivity index (χ2n) is 5.97. The van der Waals surface area contributed by atoms with Crippen molar-refractivity contribution in [3.05, 3.63) is 29.8 Å². The lowest BCUT2D eigenvalue weighted by Gasteiger charge is -2.13. The third kappa shape index (κ3) is 3.84. The standard InChI is InChI=1S/C16H21N3O3/c1-10(2)8-13-15(21)19(16(22)18-13)9-14(20)17-12-6-4-11(3)5-7-12/h4-7,10,13H,8-9H2,1-3H3,(H,17,20)(H,18,22). The van der Waals surface area contributed by atoms with Gasteiger partial charge in [0.25, 0.3) is 5.91 Å². The van der Waals surface area contributed by atoms with Crippen LogP contribution in [0.3, 0.4) is 0 Å². The first kappa shape index (κ1) is 16.0. The molecular weight excluding hydrogens is 282 g/mol. The third-order valence-corrected chi connectivity index (χ3v) is 3.45. The number of anilines is 1. The number of benzene rings is 1. The molecule has 22 heavy (non-hydrogen) atoms. The number of rotatable bonds is 5. The molecule has 1 aliphatic heterocycles. The number of hydrogen-bond donors (Lipinski definition) is 2. The van der Waals surface area contributed by atoms with Crippen molar-refractivity contribution in [1.82, 2.24) is 10.2 Å². The average molecular weight is 303 g/mol. The van der Waals surface area contributed by atoms with Crippen molar-refractivity contribution in [2.24, 2.45) is 5.92 Å². The summed E-state index contributed by atoms with van der Waals surface area (Å²) < 4.78 is 0. The first-order valence-corrected chi connectivity index (χ1v) is 7.35. The van der Waals surface area contributed by atoms with E-state index in [4.69, 9.17) is 0 Å². The molecule has 2 N–H and O–H groups in total. The Morgan fingerprint density at radius 1 is 1.27 bits per heavy atom. The molecule has 1 aromatic rings. The quantitative estimate of drug-likeness (QED) is 0.815. The fourth-order valence-electron chi connectivity index (χ4n) is 2.34. The van der Waals surface area contributed by atoms with Crippen molar-refractivity contribution in [2.45, 2.75) is 33.2 Å². The van der Waals surface area contributed by atoms with Gasteiger partial charge in [-0.3, -0.25) is 14.5 Å². The SMILES string of the molecule is Cc1ccc(NC(=O)CN2C(=O)NC(CC(C)C)C2=O)cc1. The summed E-state index contributed by atoms with van der Waals surface area (Å²) in [6.07, 6.45) is 0.570. The Morgan fingerprint density at radius 2 is 1.91 bits per heavy atom. The predicted molar refractivity (Wildman–Crippen MR) is 83.3 cm³/mol. The summed E-state index contributed by atoms with van der Waals surface area (Å²) in [5.41, 5.74) is 1.73. The highest BCUT2D eigenvalue weighted by atomic mass is 16.2. The molecule has 0 aliphatic carbocycles. The Balaban J connectivity index is 1.95. The molecule has 1 heterocycles. The van der Waals surface area contributed by atoms with E-state index >= 15 is 0 Å². The molecule has 1 aliphatic rings. The van der Waals surface area contributed by atoms with Gasteiger partial charge >= 0.3 is 6.03 Å². The lowest BCUT2D eigenvalue weighted by Crippen LogP contribution is -2.38. The van der Waals surface area contributed by atoms with Crippen molar-refractivity contribution in [1.29, 1.82) is 0 Å². The van der Waals surface area contributed by atoms with Gasteiger partial charge in [0.1, 0.15) is 12.6 Å². The fourth-order valence-corrected chi connectivity index (χ4v) is 2.34. The van der Waals surface area contributed by atoms with Crippen LogP contribution in [0.4, 0.5) is 10.5 Å². The zero-order chi connectivity index (χ0) is 16.3. The van der Waals surface area contributed by atoms with Crippen molar-refractivity contribution < 1.29 is 14.4 Å². The highest BCUT2D eigenvalue weighted by Crippen LogP contribution is 2.14. The third-order valence-electron chi connectivity index (χ3n) is 3.45. The van der Waals surface area contributed by atoms with Gasteiger partial charge < -0.3 is 10.6 Å². The molecule has 118 valence electrons. The van der Waals surface area contributed by atoms with Crippen molar-refractivity contribution in [3.63, 3.8) is 0 Å². The molecule has 1 unspecified atom stereocenters. The minimum absolute atomic E-state index is 0.271. The summed E-state index contributed by atoms with van der Waals surface area (Å²) in [7, 11) is 0. The molecule has 1 fully saturated rings. The van der Waals surface area contributed by atoms with Crippen LogP contribution in [-0.4, -0.2) is 35.3 Å². The summed E-state index contributed by atoms with van der Waals surface area (Å²) in [4.78, 5) is 36.9. The van der Waals surface area contributed by atoms with Gasteiger partial charge in [-0.05, 0) is 31.4 Å². The lowest BCUT2D eigenvalue weighted by molar-refractivity contribution is -0.131. The molecule has 0 bridgehead atoms. The van der Waals surface area contributed by atoms with Crippen LogP contribution in [0.2, 0.25) is 0 Å². The van der Waals surface area contributed by atoms with E-state index in [9.17, 15) is 14.4 Å². The molecule has 6 heteroatoms. The second kappa shape index (κ2) is 6.60. The smallest absolute Gasteiger partial charge is 0.325 e. The zero-order valence-electron chi connectivity index (χ0n) is 13.1. The molecule has 0 saturated carbocycles. The summed E-state index contributed by atoms with van der Waals surface area (Å²) in [6, 6.07) is 6.28. The number of amides is 4. The van der Waals surface area contributed by atoms with E-state index in [-0.39, 0.29) is 18.4 Å². The molecule has 4 amide bonds. The Labute approximate surface area is 129 Å². The summed E-state index contributed by atoms with van der Waals surface area (Å²) in [5.74, 6) is -0.439. The highest BCUT2D eigenvalue weighted by molar-refractivity contribution is 6.07. The first-order chi connectivity index (χ1) is 10.4. The number of urea groups is 1. The maximum Gasteiger partial charge on any atom is 0.325 e. The monoisotopic (exact) mass is 303 g/mol. The van der Waals surface area contributed by atoms with E-state index in [0.717, 1.165) is 10.5 Å². The van der Waals surface area contributed by atoms with E-state index in [1.807, 2.05) is 32.9 Å². The van der Waals surface area contributed by atoms with Gasteiger partial charge in [-0.2, -0.15) is 0 Å². The summed E-state index contributed by atoms with van der Waals surface area (Å²) >= 11 is 0. The maximum absolute atomic E-state index is 12.1. The molecule has 2 rings (SSSR count). The largest absolute Gasteiger partial charge is 0.326 e. The van der Waals surface area contributed by atoms with Crippen LogP contribution in [0.25, 0.3) is 0 Å². The van der Waals surface area contributed by atoms with Gasteiger partial charge in [-0.25, -0.2) is 4.79 Å². The van der Waals surface area contributed by atoms with Gasteiger partial charge in [-0.1, -0.05) is 31.5 Å². The number of nitrogens with one attached hydrogen (secondary N) is 2. The van der Waals surface area contributed by atoms with Gasteiger partial charge in [0.05, 0.1) is 0 Å². The molecule has 1 saturated heterocycles. The van der Waals surface area contributed by atoms with Crippen LogP contribution < -0.4 is 10.6 Å². The van der Waals surface area contributed by atoms with Crippen LogP contribution >= 0.6 is 0 Å². The number of nitrogens with zero attached hydrogens (tertiary/aromatic N) is 1. The van der Waals surface area contributed by atoms with Gasteiger partial charge in [0.15, 0.2) is 0 Å². The summed E-state index contributed by atoms with van der Waals surface area (Å²) in [5, 5.41) is 5.30. The van der Waals surface area contributed by atoms with E-state index in [0.29, 0.717) is 12.1 Å². The van der Waals surface area contributed by atoms with Crippen LogP contribution in [0.15, 0.2) is 24.3 Å². The van der Waals surface area contributed by atoms with Gasteiger partial charge in [-0.15, -0.1) is 0 Å². The molecule has 0 aromatic heterocycles. The highest BCUT2D eigenvalue weighted by Gasteiger charge is 2.38. The van der Waals surface area contributed by atoms with Crippen LogP contribution in [-0.2, 0) is 9.59 Å². The van der Waals surface area contributed by atoms with Crippen molar-refractivity contribution >= 4 is 23.5 Å². The predicted octanol–water partition coefficient (Wildman–Crippen LogP) is 1.90. The number of carbonyl (C=O) groups is 3. The number of imide groups is 1. The fraction of sp³-hybridized carbons (Fsp3) is 0.438. The van der Waals surface area contributed by atoms with E-state index in [1.54, 1.807) is 12.1 Å². The van der Waals surface area contributed by atoms with E-state index in [2.05, 4.69) is 10.6 Å². The van der Waals surface area contributed by atoms with E-state index in [1.165, 1.54) is 0 Å². The number of hydrogen-bond acceptors (Lipinski definition) is 3. The topological polar surface area (TPSA) is 78.5 Å². The van der Waals surface area contributed by atoms with Gasteiger partial charge in [0, 0.05) is 5.69 Å². The Hall–Kier alpha value is -2.37. The normalized spacial score (nSPS) is 17.8. The average Bonchev–Trinajstić information content (AvgIpc) is 2.68. The van der Waals surface area contributed by atoms with Crippen LogP contribution in [0, 0.1) is 12.8 Å². The lowest BCUT2D eigenvalue weighted by atomic mass is 10.0. The van der Waals surface area contributed by atoms with Crippen molar-refractivity contribution in [2.75, 3.05) is 11.9 Å². The molecule has 0 radical (unpaired) electrons. The zero-order valence-corrected chi connectivity index (χ0v) is 13.1. The Bertz CT molecular complexity index is 581. The van der Waals surface area contributed by atoms with E-state index < -0.39 is 18.0 Å². The minimum Gasteiger partial charge on any atom is -0.326 e. The molecule has 1 aromatic carbocycles. The molecule has 1 atom stereocenters. The molecular formula is C16H21N3O3. The number of carbonyl (C=O) groups excluding carboxylic acids is 3. The first-order valence-electron chi connectivity index (χ1n) is 7.35. The van der Waals surface area contributed by atoms with Crippen LogP contribution in [0.5, 0.6) is 0 Å². The summed E-state index contributed by atoms with van der Waals surface area (Å²) in [6.45, 7) is 5.64. The minimum atomic E-state index is -0.528. The maximum atomic E-state index is 12.1. The molecule has 0 spiro atoms. The van der Waals surface area contributed by atoms with Crippen LogP contribution in [0.1, 0.15) is 25.8 Å². The Morgan fingerprint density at radius 3 is 2.50 bits per heavy atom. The van der Waals surface area contributed by atoms with Gasteiger partial charge in [0.2, 0.25) is 5.91 Å². The second-order valence-corrected chi connectivity index (χ2v) is 5.97.